The SMILES string of the molecule is CC(C)C(C)C[SiH](C)C. The van der Waals surface area contributed by atoms with Crippen LogP contribution in [0.2, 0.25) is 19.1 Å². The molecule has 0 fully saturated rings. The lowest BCUT2D eigenvalue weighted by Crippen LogP contribution is -2.11. The van der Waals surface area contributed by atoms with Crippen LogP contribution in [-0.2, 0) is 0 Å². The molecular weight excluding hydrogens is 124 g/mol. The third-order valence-corrected chi connectivity index (χ3v) is 3.67. The van der Waals surface area contributed by atoms with Crippen LogP contribution in [-0.4, -0.2) is 8.80 Å². The van der Waals surface area contributed by atoms with Crippen LogP contribution < -0.4 is 0 Å². The summed E-state index contributed by atoms with van der Waals surface area (Å²) in [5.41, 5.74) is 0. The van der Waals surface area contributed by atoms with Crippen molar-refractivity contribution in [3.8, 4) is 0 Å². The molecule has 0 aliphatic carbocycles. The first-order valence-electron chi connectivity index (χ1n) is 4.04. The van der Waals surface area contributed by atoms with E-state index >= 15 is 0 Å². The molecule has 0 N–H and O–H groups in total. The lowest BCUT2D eigenvalue weighted by molar-refractivity contribution is 0.454. The first kappa shape index (κ1) is 9.22. The molecule has 56 valence electrons. The van der Waals surface area contributed by atoms with E-state index in [-0.39, 0.29) is 8.80 Å². The first-order valence-corrected chi connectivity index (χ1v) is 7.16. The molecule has 0 rings (SSSR count). The van der Waals surface area contributed by atoms with E-state index in [1.165, 1.54) is 6.04 Å². The second-order valence-electron chi connectivity index (χ2n) is 3.85. The summed E-state index contributed by atoms with van der Waals surface area (Å²) in [7, 11) is -0.285. The maximum absolute atomic E-state index is 2.43. The highest BCUT2D eigenvalue weighted by molar-refractivity contribution is 6.55. The molecule has 0 aromatic heterocycles. The second kappa shape index (κ2) is 4.10. The van der Waals surface area contributed by atoms with Gasteiger partial charge in [0.05, 0.1) is 0 Å². The van der Waals surface area contributed by atoms with Crippen LogP contribution >= 0.6 is 0 Å². The van der Waals surface area contributed by atoms with Crippen molar-refractivity contribution in [3.05, 3.63) is 0 Å². The highest BCUT2D eigenvalue weighted by Gasteiger charge is 2.08. The molecule has 0 amide bonds. The van der Waals surface area contributed by atoms with Crippen molar-refractivity contribution in [1.29, 1.82) is 0 Å². The highest BCUT2D eigenvalue weighted by Crippen LogP contribution is 2.16. The van der Waals surface area contributed by atoms with Gasteiger partial charge in [-0.3, -0.25) is 0 Å². The second-order valence-corrected chi connectivity index (χ2v) is 7.11. The third-order valence-electron chi connectivity index (χ3n) is 1.98. The summed E-state index contributed by atoms with van der Waals surface area (Å²) in [4.78, 5) is 0. The summed E-state index contributed by atoms with van der Waals surface area (Å²) >= 11 is 0. The molecular formula is C8H20Si. The maximum atomic E-state index is 2.43. The van der Waals surface area contributed by atoms with Gasteiger partial charge in [-0.25, -0.2) is 0 Å². The Morgan fingerprint density at radius 3 is 1.67 bits per heavy atom. The zero-order valence-corrected chi connectivity index (χ0v) is 8.59. The van der Waals surface area contributed by atoms with E-state index in [4.69, 9.17) is 0 Å². The Kier molecular flexibility index (Phi) is 4.20. The van der Waals surface area contributed by atoms with Crippen molar-refractivity contribution in [2.24, 2.45) is 11.8 Å². The fourth-order valence-electron chi connectivity index (χ4n) is 1.02. The Morgan fingerprint density at radius 1 is 1.11 bits per heavy atom. The molecule has 9 heavy (non-hydrogen) atoms. The van der Waals surface area contributed by atoms with Crippen LogP contribution in [0.4, 0.5) is 0 Å². The summed E-state index contributed by atoms with van der Waals surface area (Å²) in [6.45, 7) is 11.9. The number of hydrogen-bond acceptors (Lipinski definition) is 0. The van der Waals surface area contributed by atoms with E-state index in [1.54, 1.807) is 0 Å². The highest BCUT2D eigenvalue weighted by atomic mass is 28.3. The van der Waals surface area contributed by atoms with Crippen LogP contribution in [0.5, 0.6) is 0 Å². The number of rotatable bonds is 3. The smallest absolute Gasteiger partial charge is 0.0308 e. The van der Waals surface area contributed by atoms with Crippen molar-refractivity contribution in [3.63, 3.8) is 0 Å². The van der Waals surface area contributed by atoms with Gasteiger partial charge in [-0.2, -0.15) is 0 Å². The summed E-state index contributed by atoms with van der Waals surface area (Å²) in [6, 6.07) is 1.51. The fraction of sp³-hybridized carbons (Fsp3) is 1.00. The Morgan fingerprint density at radius 2 is 1.56 bits per heavy atom. The third kappa shape index (κ3) is 4.70. The molecule has 0 saturated heterocycles. The summed E-state index contributed by atoms with van der Waals surface area (Å²) in [6.07, 6.45) is 0. The van der Waals surface area contributed by atoms with Gasteiger partial charge in [-0.05, 0) is 11.8 Å². The monoisotopic (exact) mass is 144 g/mol. The maximum Gasteiger partial charge on any atom is 0.0308 e. The minimum atomic E-state index is -0.285. The van der Waals surface area contributed by atoms with E-state index < -0.39 is 0 Å². The molecule has 0 aromatic rings. The average Bonchev–Trinajstić information content (AvgIpc) is 1.63. The van der Waals surface area contributed by atoms with E-state index in [9.17, 15) is 0 Å². The zero-order chi connectivity index (χ0) is 7.44. The van der Waals surface area contributed by atoms with Crippen LogP contribution in [0.1, 0.15) is 20.8 Å². The largest absolute Gasteiger partial charge is 0.0722 e. The molecule has 0 aliphatic rings. The predicted octanol–water partition coefficient (Wildman–Crippen LogP) is 2.77. The Bertz CT molecular complexity index is 67.0. The minimum absolute atomic E-state index is 0.285. The van der Waals surface area contributed by atoms with E-state index in [1.807, 2.05) is 0 Å². The lowest BCUT2D eigenvalue weighted by Gasteiger charge is -2.16. The van der Waals surface area contributed by atoms with Gasteiger partial charge in [-0.15, -0.1) is 0 Å². The molecule has 1 unspecified atom stereocenters. The standard InChI is InChI=1S/C8H20Si/c1-7(2)8(3)6-9(4)5/h7-9H,6H2,1-5H3. The average molecular weight is 144 g/mol. The van der Waals surface area contributed by atoms with Crippen molar-refractivity contribution >= 4 is 8.80 Å². The van der Waals surface area contributed by atoms with Gasteiger partial charge >= 0.3 is 0 Å². The topological polar surface area (TPSA) is 0 Å². The van der Waals surface area contributed by atoms with Gasteiger partial charge < -0.3 is 0 Å². The summed E-state index contributed by atoms with van der Waals surface area (Å²) < 4.78 is 0. The lowest BCUT2D eigenvalue weighted by atomic mass is 10.0. The van der Waals surface area contributed by atoms with E-state index in [0.29, 0.717) is 0 Å². The molecule has 0 radical (unpaired) electrons. The first-order chi connectivity index (χ1) is 4.04. The molecule has 0 aliphatic heterocycles. The van der Waals surface area contributed by atoms with Gasteiger partial charge in [0.25, 0.3) is 0 Å². The van der Waals surface area contributed by atoms with E-state index in [2.05, 4.69) is 33.9 Å². The molecule has 0 saturated carbocycles. The van der Waals surface area contributed by atoms with Crippen molar-refractivity contribution in [2.45, 2.75) is 39.9 Å². The molecule has 0 bridgehead atoms. The summed E-state index contributed by atoms with van der Waals surface area (Å²) in [5.74, 6) is 1.84. The van der Waals surface area contributed by atoms with Crippen LogP contribution in [0.3, 0.4) is 0 Å². The van der Waals surface area contributed by atoms with Crippen LogP contribution in [0.25, 0.3) is 0 Å². The Hall–Kier alpha value is 0.217. The quantitative estimate of drug-likeness (QED) is 0.534. The summed E-state index contributed by atoms with van der Waals surface area (Å²) in [5, 5.41) is 0. The Labute approximate surface area is 61.3 Å². The minimum Gasteiger partial charge on any atom is -0.0722 e. The van der Waals surface area contributed by atoms with Gasteiger partial charge in [-0.1, -0.05) is 39.9 Å². The van der Waals surface area contributed by atoms with Crippen LogP contribution in [0, 0.1) is 11.8 Å². The zero-order valence-electron chi connectivity index (χ0n) is 7.44. The van der Waals surface area contributed by atoms with Crippen molar-refractivity contribution in [2.75, 3.05) is 0 Å². The van der Waals surface area contributed by atoms with Gasteiger partial charge in [0.1, 0.15) is 0 Å². The van der Waals surface area contributed by atoms with Gasteiger partial charge in [0, 0.05) is 8.80 Å². The molecule has 0 aromatic carbocycles. The molecule has 0 spiro atoms. The van der Waals surface area contributed by atoms with Crippen LogP contribution in [0.15, 0.2) is 0 Å². The Balaban J connectivity index is 3.38. The molecule has 1 heteroatoms. The molecule has 1 atom stereocenters. The molecule has 0 nitrogen and oxygen atoms in total. The fourth-order valence-corrected chi connectivity index (χ4v) is 3.05. The van der Waals surface area contributed by atoms with Gasteiger partial charge in [0.2, 0.25) is 0 Å². The number of hydrogen-bond donors (Lipinski definition) is 0. The molecule has 0 heterocycles. The van der Waals surface area contributed by atoms with Crippen molar-refractivity contribution in [1.82, 2.24) is 0 Å². The van der Waals surface area contributed by atoms with Crippen molar-refractivity contribution < 1.29 is 0 Å². The normalized spacial score (nSPS) is 15.0. The predicted molar refractivity (Wildman–Crippen MR) is 47.7 cm³/mol. The van der Waals surface area contributed by atoms with E-state index in [0.717, 1.165) is 11.8 Å². The van der Waals surface area contributed by atoms with Gasteiger partial charge in [0.15, 0.2) is 0 Å².